The minimum atomic E-state index is -0.368. The van der Waals surface area contributed by atoms with E-state index in [-0.39, 0.29) is 24.3 Å². The lowest BCUT2D eigenvalue weighted by Gasteiger charge is -2.15. The van der Waals surface area contributed by atoms with Crippen LogP contribution in [0.2, 0.25) is 0 Å². The average molecular weight is 443 g/mol. The number of pyridine rings is 1. The van der Waals surface area contributed by atoms with Crippen LogP contribution in [0.4, 0.5) is 5.69 Å². The van der Waals surface area contributed by atoms with Crippen molar-refractivity contribution in [3.05, 3.63) is 84.8 Å². The van der Waals surface area contributed by atoms with Crippen LogP contribution in [-0.4, -0.2) is 36.4 Å². The molecule has 3 N–H and O–H groups in total. The lowest BCUT2D eigenvalue weighted by Crippen LogP contribution is -2.39. The van der Waals surface area contributed by atoms with E-state index < -0.39 is 0 Å². The third-order valence-electron chi connectivity index (χ3n) is 5.32. The number of nitrogens with zero attached hydrogens (tertiary/aromatic N) is 1. The van der Waals surface area contributed by atoms with Gasteiger partial charge in [-0.1, -0.05) is 43.3 Å². The van der Waals surface area contributed by atoms with Crippen LogP contribution in [0.5, 0.6) is 0 Å². The Morgan fingerprint density at radius 2 is 1.76 bits per heavy atom. The van der Waals surface area contributed by atoms with Crippen LogP contribution in [0, 0.1) is 5.92 Å². The zero-order valence-electron chi connectivity index (χ0n) is 18.4. The first kappa shape index (κ1) is 22.1. The summed E-state index contributed by atoms with van der Waals surface area (Å²) < 4.78 is 5.16. The van der Waals surface area contributed by atoms with Crippen LogP contribution in [0.1, 0.15) is 17.3 Å². The number of rotatable bonds is 9. The molecule has 1 atom stereocenters. The van der Waals surface area contributed by atoms with Crippen molar-refractivity contribution >= 4 is 28.4 Å². The molecule has 2 heterocycles. The Bertz CT molecular complexity index is 1220. The van der Waals surface area contributed by atoms with E-state index in [9.17, 15) is 9.59 Å². The van der Waals surface area contributed by atoms with E-state index in [4.69, 9.17) is 4.42 Å². The molecule has 0 aliphatic carbocycles. The van der Waals surface area contributed by atoms with Gasteiger partial charge in [-0.3, -0.25) is 9.59 Å². The van der Waals surface area contributed by atoms with E-state index in [0.717, 1.165) is 22.2 Å². The molecule has 2 amide bonds. The van der Waals surface area contributed by atoms with Gasteiger partial charge in [-0.25, -0.2) is 4.98 Å². The van der Waals surface area contributed by atoms with E-state index in [1.807, 2.05) is 54.6 Å². The van der Waals surface area contributed by atoms with Gasteiger partial charge in [0.2, 0.25) is 5.91 Å². The number of anilines is 1. The monoisotopic (exact) mass is 442 g/mol. The van der Waals surface area contributed by atoms with Gasteiger partial charge >= 0.3 is 0 Å². The van der Waals surface area contributed by atoms with Crippen LogP contribution in [0.3, 0.4) is 0 Å². The van der Waals surface area contributed by atoms with E-state index >= 15 is 0 Å². The van der Waals surface area contributed by atoms with Gasteiger partial charge in [0, 0.05) is 36.3 Å². The maximum atomic E-state index is 13.0. The van der Waals surface area contributed by atoms with Crippen molar-refractivity contribution in [2.75, 3.05) is 25.0 Å². The minimum Gasteiger partial charge on any atom is -0.472 e. The SMILES string of the molecule is CC(CNC(=O)c1cc(-c2ccoc2)nc2ccccc12)C(=O)NCCNc1ccccc1. The van der Waals surface area contributed by atoms with Crippen molar-refractivity contribution < 1.29 is 14.0 Å². The predicted molar refractivity (Wildman–Crippen MR) is 129 cm³/mol. The highest BCUT2D eigenvalue weighted by molar-refractivity contribution is 6.07. The summed E-state index contributed by atoms with van der Waals surface area (Å²) >= 11 is 0. The highest BCUT2D eigenvalue weighted by atomic mass is 16.3. The number of para-hydroxylation sites is 2. The van der Waals surface area contributed by atoms with Gasteiger partial charge in [0.1, 0.15) is 0 Å². The molecule has 0 saturated heterocycles. The van der Waals surface area contributed by atoms with Gasteiger partial charge in [0.05, 0.1) is 35.2 Å². The summed E-state index contributed by atoms with van der Waals surface area (Å²) in [4.78, 5) is 30.1. The van der Waals surface area contributed by atoms with Gasteiger partial charge in [-0.15, -0.1) is 0 Å². The standard InChI is InChI=1S/C26H26N4O3/c1-18(25(31)28-13-12-27-20-7-3-2-4-8-20)16-29-26(32)22-15-24(19-11-14-33-17-19)30-23-10-6-5-9-21(22)23/h2-11,14-15,17-18,27H,12-13,16H2,1H3,(H,28,31)(H,29,32). The molecule has 1 unspecified atom stereocenters. The van der Waals surface area contributed by atoms with Crippen molar-refractivity contribution in [2.24, 2.45) is 5.92 Å². The van der Waals surface area contributed by atoms with Gasteiger partial charge in [-0.05, 0) is 30.3 Å². The predicted octanol–water partition coefficient (Wildman–Crippen LogP) is 4.09. The second-order valence-corrected chi connectivity index (χ2v) is 7.78. The van der Waals surface area contributed by atoms with Crippen molar-refractivity contribution in [1.82, 2.24) is 15.6 Å². The number of nitrogens with one attached hydrogen (secondary N) is 3. The molecule has 33 heavy (non-hydrogen) atoms. The zero-order valence-corrected chi connectivity index (χ0v) is 18.4. The average Bonchev–Trinajstić information content (AvgIpc) is 3.40. The van der Waals surface area contributed by atoms with Crippen LogP contribution >= 0.6 is 0 Å². The molecule has 0 fully saturated rings. The quantitative estimate of drug-likeness (QED) is 0.339. The molecule has 4 rings (SSSR count). The van der Waals surface area contributed by atoms with Gasteiger partial charge in [0.25, 0.3) is 5.91 Å². The Morgan fingerprint density at radius 1 is 0.970 bits per heavy atom. The lowest BCUT2D eigenvalue weighted by molar-refractivity contribution is -0.124. The zero-order chi connectivity index (χ0) is 23.0. The summed E-state index contributed by atoms with van der Waals surface area (Å²) in [6.07, 6.45) is 3.17. The molecule has 0 aliphatic rings. The molecule has 2 aromatic carbocycles. The maximum absolute atomic E-state index is 13.0. The molecule has 0 spiro atoms. The number of fused-ring (bicyclic) bond motifs is 1. The van der Waals surface area contributed by atoms with Crippen LogP contribution in [0.15, 0.2) is 83.7 Å². The Labute approximate surface area is 192 Å². The molecule has 0 saturated carbocycles. The molecule has 4 aromatic rings. The number of amides is 2. The molecular weight excluding hydrogens is 416 g/mol. The number of benzene rings is 2. The minimum absolute atomic E-state index is 0.108. The van der Waals surface area contributed by atoms with E-state index in [1.165, 1.54) is 0 Å². The number of carbonyl (C=O) groups excluding carboxylic acids is 2. The highest BCUT2D eigenvalue weighted by Crippen LogP contribution is 2.25. The fraction of sp³-hybridized carbons (Fsp3) is 0.192. The van der Waals surface area contributed by atoms with Gasteiger partial charge in [-0.2, -0.15) is 0 Å². The Hall–Kier alpha value is -4.13. The van der Waals surface area contributed by atoms with E-state index in [2.05, 4.69) is 20.9 Å². The second-order valence-electron chi connectivity index (χ2n) is 7.78. The molecule has 7 heteroatoms. The Morgan fingerprint density at radius 3 is 2.55 bits per heavy atom. The molecule has 168 valence electrons. The molecule has 0 aliphatic heterocycles. The third kappa shape index (κ3) is 5.57. The van der Waals surface area contributed by atoms with Gasteiger partial charge in [0.15, 0.2) is 0 Å². The van der Waals surface area contributed by atoms with Crippen LogP contribution in [-0.2, 0) is 4.79 Å². The maximum Gasteiger partial charge on any atom is 0.252 e. The fourth-order valence-corrected chi connectivity index (χ4v) is 3.48. The molecular formula is C26H26N4O3. The Balaban J connectivity index is 1.34. The first-order valence-electron chi connectivity index (χ1n) is 10.9. The highest BCUT2D eigenvalue weighted by Gasteiger charge is 2.17. The van der Waals surface area contributed by atoms with E-state index in [1.54, 1.807) is 31.6 Å². The number of aromatic nitrogens is 1. The molecule has 0 bridgehead atoms. The second kappa shape index (κ2) is 10.5. The molecule has 0 radical (unpaired) electrons. The summed E-state index contributed by atoms with van der Waals surface area (Å²) in [5.41, 5.74) is 3.69. The van der Waals surface area contributed by atoms with Crippen molar-refractivity contribution in [2.45, 2.75) is 6.92 Å². The van der Waals surface area contributed by atoms with Crippen molar-refractivity contribution in [3.63, 3.8) is 0 Å². The van der Waals surface area contributed by atoms with Gasteiger partial charge < -0.3 is 20.4 Å². The van der Waals surface area contributed by atoms with E-state index in [0.29, 0.717) is 24.3 Å². The first-order chi connectivity index (χ1) is 16.1. The van der Waals surface area contributed by atoms with Crippen molar-refractivity contribution in [3.8, 4) is 11.3 Å². The molecule has 7 nitrogen and oxygen atoms in total. The Kier molecular flexibility index (Phi) is 6.99. The largest absolute Gasteiger partial charge is 0.472 e. The molecule has 2 aromatic heterocycles. The summed E-state index contributed by atoms with van der Waals surface area (Å²) in [5.74, 6) is -0.723. The smallest absolute Gasteiger partial charge is 0.252 e. The third-order valence-corrected chi connectivity index (χ3v) is 5.32. The number of furan rings is 1. The number of hydrogen-bond acceptors (Lipinski definition) is 5. The topological polar surface area (TPSA) is 96.3 Å². The summed E-state index contributed by atoms with van der Waals surface area (Å²) in [7, 11) is 0. The number of carbonyl (C=O) groups is 2. The first-order valence-corrected chi connectivity index (χ1v) is 10.9. The fourth-order valence-electron chi connectivity index (χ4n) is 3.48. The lowest BCUT2D eigenvalue weighted by atomic mass is 10.0. The van der Waals surface area contributed by atoms with Crippen LogP contribution < -0.4 is 16.0 Å². The summed E-state index contributed by atoms with van der Waals surface area (Å²) in [6.45, 7) is 3.14. The summed E-state index contributed by atoms with van der Waals surface area (Å²) in [5, 5.41) is 9.80. The summed E-state index contributed by atoms with van der Waals surface area (Å²) in [6, 6.07) is 20.9. The normalized spacial score (nSPS) is 11.7. The van der Waals surface area contributed by atoms with Crippen molar-refractivity contribution in [1.29, 1.82) is 0 Å². The number of hydrogen-bond donors (Lipinski definition) is 3. The van der Waals surface area contributed by atoms with Crippen LogP contribution in [0.25, 0.3) is 22.2 Å².